The zero-order valence-electron chi connectivity index (χ0n) is 24.9. The van der Waals surface area contributed by atoms with E-state index in [1.165, 1.54) is 0 Å². The molecule has 234 valence electrons. The van der Waals surface area contributed by atoms with Gasteiger partial charge in [-0.15, -0.1) is 0 Å². The first-order valence-corrected chi connectivity index (χ1v) is 18.9. The number of fused-ring (bicyclic) bond motifs is 1. The summed E-state index contributed by atoms with van der Waals surface area (Å²) in [4.78, 5) is 14.4. The van der Waals surface area contributed by atoms with E-state index in [2.05, 4.69) is 0 Å². The summed E-state index contributed by atoms with van der Waals surface area (Å²) < 4.78 is 58.0. The van der Waals surface area contributed by atoms with Gasteiger partial charge in [-0.05, 0) is 92.3 Å². The van der Waals surface area contributed by atoms with Crippen LogP contribution >= 0.6 is 23.2 Å². The van der Waals surface area contributed by atoms with E-state index >= 15 is 0 Å². The molecular formula is C36H34Cl2O5S2. The summed E-state index contributed by atoms with van der Waals surface area (Å²) in [7, 11) is -7.87. The molecule has 9 heteroatoms. The number of hydrogen-bond acceptors (Lipinski definition) is 5. The van der Waals surface area contributed by atoms with Gasteiger partial charge in [0.2, 0.25) is 0 Å². The third-order valence-corrected chi connectivity index (χ3v) is 14.7. The Labute approximate surface area is 275 Å². The topological polar surface area (TPSA) is 85.3 Å². The summed E-state index contributed by atoms with van der Waals surface area (Å²) in [5.41, 5.74) is 3.31. The molecular weight excluding hydrogens is 647 g/mol. The number of sulfone groups is 2. The SMILES string of the molecule is Cc1ccc(S(=O)(=O)C2C[C@H]3C(=O)C[C@@H](c4ccc(Cl)cc4)C(S(=O)(=O)c4ccc(C)cc4)[C@H]3C[C@H]2c2cccc(Cl)c2)cc1. The molecule has 5 nitrogen and oxygen atoms in total. The summed E-state index contributed by atoms with van der Waals surface area (Å²) in [5.74, 6) is -2.66. The summed E-state index contributed by atoms with van der Waals surface area (Å²) in [6.07, 6.45) is 0.230. The van der Waals surface area contributed by atoms with Crippen LogP contribution in [0.25, 0.3) is 0 Å². The Morgan fingerprint density at radius 2 is 1.18 bits per heavy atom. The number of rotatable bonds is 6. The van der Waals surface area contributed by atoms with Gasteiger partial charge in [0.25, 0.3) is 0 Å². The van der Waals surface area contributed by atoms with Crippen molar-refractivity contribution < 1.29 is 21.6 Å². The quantitative estimate of drug-likeness (QED) is 0.205. The highest BCUT2D eigenvalue weighted by atomic mass is 35.5. The van der Waals surface area contributed by atoms with Gasteiger partial charge >= 0.3 is 0 Å². The molecule has 0 saturated heterocycles. The van der Waals surface area contributed by atoms with Crippen LogP contribution < -0.4 is 0 Å². The maximum Gasteiger partial charge on any atom is 0.182 e. The van der Waals surface area contributed by atoms with Crippen molar-refractivity contribution in [3.63, 3.8) is 0 Å². The molecule has 0 amide bonds. The fourth-order valence-corrected chi connectivity index (χ4v) is 12.0. The average Bonchev–Trinajstić information content (AvgIpc) is 3.01. The van der Waals surface area contributed by atoms with Gasteiger partial charge < -0.3 is 0 Å². The van der Waals surface area contributed by atoms with E-state index in [9.17, 15) is 21.6 Å². The van der Waals surface area contributed by atoms with Gasteiger partial charge in [0.05, 0.1) is 20.3 Å². The van der Waals surface area contributed by atoms with E-state index < -0.39 is 53.8 Å². The Bertz CT molecular complexity index is 1940. The lowest BCUT2D eigenvalue weighted by molar-refractivity contribution is -0.128. The second-order valence-electron chi connectivity index (χ2n) is 12.5. The normalized spacial score (nSPS) is 25.5. The van der Waals surface area contributed by atoms with Gasteiger partial charge in [0, 0.05) is 34.2 Å². The minimum Gasteiger partial charge on any atom is -0.299 e. The molecule has 0 spiro atoms. The van der Waals surface area contributed by atoms with E-state index in [0.29, 0.717) is 15.6 Å². The van der Waals surface area contributed by atoms with Crippen LogP contribution in [0.5, 0.6) is 0 Å². The monoisotopic (exact) mass is 680 g/mol. The molecule has 4 aromatic rings. The van der Waals surface area contributed by atoms with Gasteiger partial charge in [0.1, 0.15) is 5.78 Å². The van der Waals surface area contributed by atoms with Crippen molar-refractivity contribution in [3.8, 4) is 0 Å². The van der Waals surface area contributed by atoms with Gasteiger partial charge in [0.15, 0.2) is 19.7 Å². The maximum atomic E-state index is 14.7. The lowest BCUT2D eigenvalue weighted by Crippen LogP contribution is -2.53. The fraction of sp³-hybridized carbons (Fsp3) is 0.306. The van der Waals surface area contributed by atoms with Gasteiger partial charge in [-0.1, -0.05) is 82.9 Å². The molecule has 0 heterocycles. The number of hydrogen-bond donors (Lipinski definition) is 0. The summed E-state index contributed by atoms with van der Waals surface area (Å²) in [6, 6.07) is 27.7. The van der Waals surface area contributed by atoms with Crippen LogP contribution in [0.1, 0.15) is 53.4 Å². The summed E-state index contributed by atoms with van der Waals surface area (Å²) in [5, 5.41) is -0.907. The van der Waals surface area contributed by atoms with E-state index in [4.69, 9.17) is 23.2 Å². The Kier molecular flexibility index (Phi) is 8.76. The van der Waals surface area contributed by atoms with Crippen molar-refractivity contribution in [1.29, 1.82) is 0 Å². The molecule has 2 unspecified atom stereocenters. The number of aryl methyl sites for hydroxylation is 2. The van der Waals surface area contributed by atoms with E-state index in [1.54, 1.807) is 91.0 Å². The number of carbonyl (C=O) groups is 1. The molecule has 6 rings (SSSR count). The molecule has 0 N–H and O–H groups in total. The predicted molar refractivity (Wildman–Crippen MR) is 179 cm³/mol. The van der Waals surface area contributed by atoms with E-state index in [1.807, 2.05) is 19.9 Å². The highest BCUT2D eigenvalue weighted by Gasteiger charge is 2.56. The van der Waals surface area contributed by atoms with Crippen LogP contribution in [0.2, 0.25) is 10.0 Å². The Balaban J connectivity index is 1.51. The van der Waals surface area contributed by atoms with Crippen molar-refractivity contribution >= 4 is 48.7 Å². The summed E-state index contributed by atoms with van der Waals surface area (Å²) in [6.45, 7) is 3.79. The number of carbonyl (C=O) groups excluding carboxylic acids is 1. The lowest BCUT2D eigenvalue weighted by atomic mass is 9.62. The molecule has 0 radical (unpaired) electrons. The highest BCUT2D eigenvalue weighted by molar-refractivity contribution is 7.92. The average molecular weight is 682 g/mol. The largest absolute Gasteiger partial charge is 0.299 e. The van der Waals surface area contributed by atoms with Crippen LogP contribution in [0.3, 0.4) is 0 Å². The van der Waals surface area contributed by atoms with Crippen molar-refractivity contribution in [2.45, 2.75) is 65.2 Å². The van der Waals surface area contributed by atoms with Crippen LogP contribution in [-0.4, -0.2) is 33.1 Å². The number of halogens is 2. The van der Waals surface area contributed by atoms with Crippen LogP contribution in [0.4, 0.5) is 0 Å². The number of benzene rings is 4. The summed E-state index contributed by atoms with van der Waals surface area (Å²) >= 11 is 12.6. The zero-order valence-corrected chi connectivity index (χ0v) is 28.1. The number of ketones is 1. The van der Waals surface area contributed by atoms with Crippen molar-refractivity contribution in [2.24, 2.45) is 11.8 Å². The third kappa shape index (κ3) is 6.12. The molecule has 45 heavy (non-hydrogen) atoms. The smallest absolute Gasteiger partial charge is 0.182 e. The molecule has 2 aliphatic rings. The van der Waals surface area contributed by atoms with Crippen molar-refractivity contribution in [2.75, 3.05) is 0 Å². The first kappa shape index (κ1) is 32.0. The fourth-order valence-electron chi connectivity index (χ4n) is 7.40. The van der Waals surface area contributed by atoms with Crippen LogP contribution in [0.15, 0.2) is 107 Å². The number of Topliss-reactive ketones (excluding diaryl/α,β-unsaturated/α-hetero) is 1. The second-order valence-corrected chi connectivity index (χ2v) is 17.6. The molecule has 2 aliphatic carbocycles. The molecule has 4 aromatic carbocycles. The minimum absolute atomic E-state index is 0.00229. The van der Waals surface area contributed by atoms with E-state index in [-0.39, 0.29) is 34.8 Å². The second kappa shape index (κ2) is 12.3. The molecule has 2 fully saturated rings. The maximum absolute atomic E-state index is 14.7. The zero-order chi connectivity index (χ0) is 32.1. The van der Waals surface area contributed by atoms with Crippen molar-refractivity contribution in [3.05, 3.63) is 129 Å². The minimum atomic E-state index is -3.96. The van der Waals surface area contributed by atoms with Gasteiger partial charge in [-0.25, -0.2) is 16.8 Å². The third-order valence-electron chi connectivity index (χ3n) is 9.66. The molecule has 0 bridgehead atoms. The van der Waals surface area contributed by atoms with E-state index in [0.717, 1.165) is 16.7 Å². The van der Waals surface area contributed by atoms with Crippen LogP contribution in [-0.2, 0) is 24.5 Å². The first-order valence-electron chi connectivity index (χ1n) is 15.0. The van der Waals surface area contributed by atoms with Gasteiger partial charge in [-0.3, -0.25) is 4.79 Å². The Hall–Kier alpha value is -2.97. The molecule has 6 atom stereocenters. The predicted octanol–water partition coefficient (Wildman–Crippen LogP) is 8.16. The lowest BCUT2D eigenvalue weighted by Gasteiger charge is -2.48. The Morgan fingerprint density at radius 1 is 0.600 bits per heavy atom. The van der Waals surface area contributed by atoms with Crippen molar-refractivity contribution in [1.82, 2.24) is 0 Å². The molecule has 2 saturated carbocycles. The molecule has 0 aliphatic heterocycles. The first-order chi connectivity index (χ1) is 21.4. The Morgan fingerprint density at radius 3 is 1.76 bits per heavy atom. The van der Waals surface area contributed by atoms with Gasteiger partial charge in [-0.2, -0.15) is 0 Å². The molecule has 0 aromatic heterocycles. The highest BCUT2D eigenvalue weighted by Crippen LogP contribution is 2.54. The standard InChI is InChI=1S/C36H34Cl2O5S2/c1-22-6-14-28(15-7-22)44(40,41)35-21-32-33(19-30(35)25-4-3-5-27(38)18-25)36(45(42,43)29-16-8-23(2)9-17-29)31(20-34(32)39)24-10-12-26(37)13-11-24/h3-18,30-33,35-36H,19-21H2,1-2H3/t30-,31-,32+,33-,35?,36?/m0/s1. The van der Waals surface area contributed by atoms with Crippen LogP contribution in [0, 0.1) is 25.7 Å².